The van der Waals surface area contributed by atoms with Crippen molar-refractivity contribution in [2.45, 2.75) is 39.5 Å². The summed E-state index contributed by atoms with van der Waals surface area (Å²) in [6.45, 7) is 6.20. The molecule has 30 heavy (non-hydrogen) atoms. The molecule has 1 aliphatic rings. The van der Waals surface area contributed by atoms with E-state index in [-0.39, 0.29) is 11.7 Å². The SMILES string of the molecule is CC[C@H]1CN(Cc2c(C)n(C)n(-c3ccccc3)c2=O)Cc2cc(OC)ccc2O1. The maximum atomic E-state index is 13.3. The largest absolute Gasteiger partial charge is 0.497 e. The molecule has 158 valence electrons. The molecule has 0 N–H and O–H groups in total. The molecule has 0 fully saturated rings. The molecule has 0 aliphatic carbocycles. The van der Waals surface area contributed by atoms with Gasteiger partial charge in [0, 0.05) is 37.9 Å². The Bertz CT molecular complexity index is 1090. The van der Waals surface area contributed by atoms with Gasteiger partial charge in [0.25, 0.3) is 5.56 Å². The van der Waals surface area contributed by atoms with Gasteiger partial charge in [0.1, 0.15) is 17.6 Å². The summed E-state index contributed by atoms with van der Waals surface area (Å²) in [7, 11) is 3.61. The predicted octanol–water partition coefficient (Wildman–Crippen LogP) is 3.67. The van der Waals surface area contributed by atoms with Crippen molar-refractivity contribution in [3.05, 3.63) is 75.7 Å². The van der Waals surface area contributed by atoms with Gasteiger partial charge in [-0.2, -0.15) is 0 Å². The fourth-order valence-corrected chi connectivity index (χ4v) is 4.09. The number of fused-ring (bicyclic) bond motifs is 1. The van der Waals surface area contributed by atoms with Crippen molar-refractivity contribution < 1.29 is 9.47 Å². The number of ether oxygens (including phenoxy) is 2. The van der Waals surface area contributed by atoms with Gasteiger partial charge < -0.3 is 9.47 Å². The number of para-hydroxylation sites is 1. The second-order valence-electron chi connectivity index (χ2n) is 7.83. The van der Waals surface area contributed by atoms with Crippen molar-refractivity contribution in [3.8, 4) is 17.2 Å². The third-order valence-electron chi connectivity index (χ3n) is 5.93. The summed E-state index contributed by atoms with van der Waals surface area (Å²) in [5, 5.41) is 0. The highest BCUT2D eigenvalue weighted by Gasteiger charge is 2.25. The van der Waals surface area contributed by atoms with Gasteiger partial charge in [-0.25, -0.2) is 4.68 Å². The van der Waals surface area contributed by atoms with Crippen LogP contribution in [0.4, 0.5) is 0 Å². The van der Waals surface area contributed by atoms with Crippen LogP contribution in [0.2, 0.25) is 0 Å². The van der Waals surface area contributed by atoms with Crippen molar-refractivity contribution in [1.29, 1.82) is 0 Å². The first-order valence-electron chi connectivity index (χ1n) is 10.4. The van der Waals surface area contributed by atoms with Crippen LogP contribution < -0.4 is 15.0 Å². The second-order valence-corrected chi connectivity index (χ2v) is 7.83. The molecular formula is C24H29N3O3. The zero-order valence-electron chi connectivity index (χ0n) is 18.1. The summed E-state index contributed by atoms with van der Waals surface area (Å²) in [5.74, 6) is 1.71. The Morgan fingerprint density at radius 2 is 1.93 bits per heavy atom. The molecule has 2 heterocycles. The molecule has 0 amide bonds. The number of hydrogen-bond acceptors (Lipinski definition) is 4. The van der Waals surface area contributed by atoms with E-state index in [1.165, 1.54) is 0 Å². The van der Waals surface area contributed by atoms with Gasteiger partial charge >= 0.3 is 0 Å². The zero-order chi connectivity index (χ0) is 21.3. The van der Waals surface area contributed by atoms with Gasteiger partial charge in [0.05, 0.1) is 18.4 Å². The van der Waals surface area contributed by atoms with Gasteiger partial charge in [-0.05, 0) is 43.7 Å². The Labute approximate surface area is 177 Å². The first-order chi connectivity index (χ1) is 14.5. The van der Waals surface area contributed by atoms with Gasteiger partial charge in [-0.15, -0.1) is 0 Å². The molecule has 0 saturated carbocycles. The normalized spacial score (nSPS) is 16.6. The molecule has 1 atom stereocenters. The fourth-order valence-electron chi connectivity index (χ4n) is 4.09. The Hall–Kier alpha value is -2.99. The Morgan fingerprint density at radius 3 is 2.63 bits per heavy atom. The Kier molecular flexibility index (Phi) is 5.68. The second kappa shape index (κ2) is 8.40. The third kappa shape index (κ3) is 3.75. The number of rotatable bonds is 5. The lowest BCUT2D eigenvalue weighted by Gasteiger charge is -2.22. The Balaban J connectivity index is 1.69. The number of methoxy groups -OCH3 is 1. The first-order valence-corrected chi connectivity index (χ1v) is 10.4. The van der Waals surface area contributed by atoms with Crippen LogP contribution in [0, 0.1) is 6.92 Å². The van der Waals surface area contributed by atoms with Gasteiger partial charge in [0.15, 0.2) is 0 Å². The van der Waals surface area contributed by atoms with Crippen LogP contribution in [0.25, 0.3) is 5.69 Å². The molecule has 0 unspecified atom stereocenters. The highest BCUT2D eigenvalue weighted by Crippen LogP contribution is 2.30. The highest BCUT2D eigenvalue weighted by atomic mass is 16.5. The summed E-state index contributed by atoms with van der Waals surface area (Å²) in [4.78, 5) is 15.6. The van der Waals surface area contributed by atoms with E-state index in [2.05, 4.69) is 11.8 Å². The van der Waals surface area contributed by atoms with Crippen molar-refractivity contribution in [1.82, 2.24) is 14.3 Å². The quantitative estimate of drug-likeness (QED) is 0.648. The Morgan fingerprint density at radius 1 is 1.17 bits per heavy atom. The van der Waals surface area contributed by atoms with E-state index in [1.54, 1.807) is 11.8 Å². The van der Waals surface area contributed by atoms with E-state index < -0.39 is 0 Å². The maximum Gasteiger partial charge on any atom is 0.276 e. The highest BCUT2D eigenvalue weighted by molar-refractivity contribution is 5.41. The van der Waals surface area contributed by atoms with Crippen molar-refractivity contribution >= 4 is 0 Å². The number of aromatic nitrogens is 2. The number of hydrogen-bond donors (Lipinski definition) is 0. The lowest BCUT2D eigenvalue weighted by molar-refractivity contribution is 0.139. The van der Waals surface area contributed by atoms with E-state index in [4.69, 9.17) is 9.47 Å². The van der Waals surface area contributed by atoms with E-state index >= 15 is 0 Å². The van der Waals surface area contributed by atoms with Crippen LogP contribution >= 0.6 is 0 Å². The van der Waals surface area contributed by atoms with Gasteiger partial charge in [-0.1, -0.05) is 25.1 Å². The minimum absolute atomic E-state index is 0.0327. The minimum Gasteiger partial charge on any atom is -0.497 e. The van der Waals surface area contributed by atoms with E-state index in [0.717, 1.165) is 47.0 Å². The monoisotopic (exact) mass is 407 g/mol. The summed E-state index contributed by atoms with van der Waals surface area (Å²) >= 11 is 0. The average Bonchev–Trinajstić information content (AvgIpc) is 2.90. The summed E-state index contributed by atoms with van der Waals surface area (Å²) in [6, 6.07) is 15.7. The first kappa shape index (κ1) is 20.3. The van der Waals surface area contributed by atoms with Crippen LogP contribution in [0.3, 0.4) is 0 Å². The molecular weight excluding hydrogens is 378 g/mol. The number of nitrogens with zero attached hydrogens (tertiary/aromatic N) is 3. The molecule has 3 aromatic rings. The predicted molar refractivity (Wildman–Crippen MR) is 118 cm³/mol. The molecule has 0 bridgehead atoms. The zero-order valence-corrected chi connectivity index (χ0v) is 18.1. The van der Waals surface area contributed by atoms with Crippen LogP contribution in [0.15, 0.2) is 53.3 Å². The molecule has 6 nitrogen and oxygen atoms in total. The molecule has 0 saturated heterocycles. The standard InChI is InChI=1S/C24H29N3O3/c1-5-20-15-26(14-18-13-21(29-4)11-12-23(18)30-20)16-22-17(2)25(3)27(24(22)28)19-9-7-6-8-10-19/h6-13,20H,5,14-16H2,1-4H3/t20-/m0/s1. The van der Waals surface area contributed by atoms with E-state index in [9.17, 15) is 4.79 Å². The molecule has 1 aliphatic heterocycles. The van der Waals surface area contributed by atoms with Crippen LogP contribution in [-0.4, -0.2) is 34.0 Å². The minimum atomic E-state index is 0.0327. The van der Waals surface area contributed by atoms with Crippen LogP contribution in [0.5, 0.6) is 11.5 Å². The molecule has 6 heteroatoms. The molecule has 2 aromatic carbocycles. The lowest BCUT2D eigenvalue weighted by Crippen LogP contribution is -2.33. The van der Waals surface area contributed by atoms with Crippen LogP contribution in [0.1, 0.15) is 30.2 Å². The van der Waals surface area contributed by atoms with Gasteiger partial charge in [0.2, 0.25) is 0 Å². The van der Waals surface area contributed by atoms with Crippen molar-refractivity contribution in [2.75, 3.05) is 13.7 Å². The topological polar surface area (TPSA) is 48.6 Å². The summed E-state index contributed by atoms with van der Waals surface area (Å²) in [5.41, 5.74) is 3.79. The van der Waals surface area contributed by atoms with Crippen molar-refractivity contribution in [3.63, 3.8) is 0 Å². The molecule has 0 spiro atoms. The summed E-state index contributed by atoms with van der Waals surface area (Å²) in [6.07, 6.45) is 0.990. The van der Waals surface area contributed by atoms with Crippen molar-refractivity contribution in [2.24, 2.45) is 7.05 Å². The summed E-state index contributed by atoms with van der Waals surface area (Å²) < 4.78 is 15.3. The number of benzene rings is 2. The lowest BCUT2D eigenvalue weighted by atomic mass is 10.1. The molecule has 1 aromatic heterocycles. The molecule has 0 radical (unpaired) electrons. The maximum absolute atomic E-state index is 13.3. The van der Waals surface area contributed by atoms with E-state index in [1.807, 2.05) is 67.2 Å². The fraction of sp³-hybridized carbons (Fsp3) is 0.375. The third-order valence-corrected chi connectivity index (χ3v) is 5.93. The average molecular weight is 408 g/mol. The molecule has 4 rings (SSSR count). The smallest absolute Gasteiger partial charge is 0.276 e. The van der Waals surface area contributed by atoms with Gasteiger partial charge in [-0.3, -0.25) is 14.4 Å². The van der Waals surface area contributed by atoms with E-state index in [0.29, 0.717) is 13.1 Å². The van der Waals surface area contributed by atoms with Crippen LogP contribution in [-0.2, 0) is 20.1 Å².